The van der Waals surface area contributed by atoms with Gasteiger partial charge >= 0.3 is 5.97 Å². The van der Waals surface area contributed by atoms with E-state index in [4.69, 9.17) is 14.6 Å². The highest BCUT2D eigenvalue weighted by Gasteiger charge is 2.10. The molecule has 1 aromatic heterocycles. The summed E-state index contributed by atoms with van der Waals surface area (Å²) < 4.78 is 11.0. The van der Waals surface area contributed by atoms with Crippen molar-refractivity contribution in [3.05, 3.63) is 64.5 Å². The van der Waals surface area contributed by atoms with Gasteiger partial charge in [-0.3, -0.25) is 0 Å². The molecule has 0 fully saturated rings. The zero-order chi connectivity index (χ0) is 16.9. The number of ether oxygens (including phenoxy) is 2. The Kier molecular flexibility index (Phi) is 4.77. The number of aromatic carboxylic acids is 1. The average molecular weight is 341 g/mol. The standard InChI is InChI=1S/C18H15NO4S/c1-22-16-8-3-2-7-14(16)15-11-24-17(19-15)10-23-13-6-4-5-12(9-13)18(20)21/h2-9,11H,10H2,1H3,(H,20,21). The number of para-hydroxylation sites is 1. The van der Waals surface area contributed by atoms with Crippen molar-refractivity contribution in [1.82, 2.24) is 4.98 Å². The fourth-order valence-electron chi connectivity index (χ4n) is 2.22. The van der Waals surface area contributed by atoms with Crippen LogP contribution in [0.1, 0.15) is 15.4 Å². The number of carbonyl (C=O) groups is 1. The number of thiazole rings is 1. The summed E-state index contributed by atoms with van der Waals surface area (Å²) in [6.45, 7) is 0.281. The van der Waals surface area contributed by atoms with Gasteiger partial charge in [0.2, 0.25) is 0 Å². The van der Waals surface area contributed by atoms with Crippen molar-refractivity contribution in [2.75, 3.05) is 7.11 Å². The van der Waals surface area contributed by atoms with E-state index in [9.17, 15) is 4.79 Å². The Hall–Kier alpha value is -2.86. The Labute approximate surface area is 143 Å². The summed E-state index contributed by atoms with van der Waals surface area (Å²) in [6, 6.07) is 14.1. The Morgan fingerprint density at radius 1 is 1.21 bits per heavy atom. The quantitative estimate of drug-likeness (QED) is 0.731. The molecule has 0 aliphatic rings. The van der Waals surface area contributed by atoms with Crippen LogP contribution in [0.25, 0.3) is 11.3 Å². The zero-order valence-electron chi connectivity index (χ0n) is 12.9. The van der Waals surface area contributed by atoms with Crippen molar-refractivity contribution in [3.8, 4) is 22.8 Å². The first-order valence-corrected chi connectivity index (χ1v) is 8.09. The molecule has 122 valence electrons. The van der Waals surface area contributed by atoms with Crippen LogP contribution >= 0.6 is 11.3 Å². The molecule has 0 aliphatic heterocycles. The summed E-state index contributed by atoms with van der Waals surface area (Å²) in [6.07, 6.45) is 0. The molecule has 5 nitrogen and oxygen atoms in total. The minimum atomic E-state index is -0.979. The highest BCUT2D eigenvalue weighted by atomic mass is 32.1. The molecule has 3 aromatic rings. The number of hydrogen-bond acceptors (Lipinski definition) is 5. The van der Waals surface area contributed by atoms with Crippen LogP contribution < -0.4 is 9.47 Å². The molecule has 1 heterocycles. The van der Waals surface area contributed by atoms with Crippen LogP contribution in [0.15, 0.2) is 53.9 Å². The molecule has 0 bridgehead atoms. The summed E-state index contributed by atoms with van der Waals surface area (Å²) in [5.74, 6) is 0.293. The van der Waals surface area contributed by atoms with Gasteiger partial charge in [0.25, 0.3) is 0 Å². The van der Waals surface area contributed by atoms with Crippen LogP contribution in [0.3, 0.4) is 0 Å². The fourth-order valence-corrected chi connectivity index (χ4v) is 2.93. The van der Waals surface area contributed by atoms with Gasteiger partial charge < -0.3 is 14.6 Å². The van der Waals surface area contributed by atoms with Crippen molar-refractivity contribution < 1.29 is 19.4 Å². The van der Waals surface area contributed by atoms with Gasteiger partial charge in [0, 0.05) is 10.9 Å². The number of carboxylic acids is 1. The van der Waals surface area contributed by atoms with E-state index in [0.717, 1.165) is 22.0 Å². The van der Waals surface area contributed by atoms with Crippen molar-refractivity contribution in [1.29, 1.82) is 0 Å². The molecule has 6 heteroatoms. The van der Waals surface area contributed by atoms with Crippen molar-refractivity contribution in [2.24, 2.45) is 0 Å². The molecule has 24 heavy (non-hydrogen) atoms. The highest BCUT2D eigenvalue weighted by Crippen LogP contribution is 2.30. The number of methoxy groups -OCH3 is 1. The molecular formula is C18H15NO4S. The predicted molar refractivity (Wildman–Crippen MR) is 91.8 cm³/mol. The number of aromatic nitrogens is 1. The van der Waals surface area contributed by atoms with Crippen LogP contribution in [0, 0.1) is 0 Å². The fraction of sp³-hybridized carbons (Fsp3) is 0.111. The van der Waals surface area contributed by atoms with E-state index in [1.807, 2.05) is 29.6 Å². The first-order chi connectivity index (χ1) is 11.7. The van der Waals surface area contributed by atoms with Crippen LogP contribution in [0.5, 0.6) is 11.5 Å². The molecule has 0 saturated carbocycles. The van der Waals surface area contributed by atoms with Gasteiger partial charge in [0.05, 0.1) is 18.4 Å². The average Bonchev–Trinajstić information content (AvgIpc) is 3.09. The zero-order valence-corrected chi connectivity index (χ0v) is 13.7. The lowest BCUT2D eigenvalue weighted by Gasteiger charge is -2.06. The van der Waals surface area contributed by atoms with Gasteiger partial charge in [-0.05, 0) is 30.3 Å². The molecule has 0 amide bonds. The number of nitrogens with zero attached hydrogens (tertiary/aromatic N) is 1. The van der Waals surface area contributed by atoms with E-state index < -0.39 is 5.97 Å². The normalized spacial score (nSPS) is 10.4. The van der Waals surface area contributed by atoms with Gasteiger partial charge in [0.15, 0.2) is 0 Å². The Morgan fingerprint density at radius 3 is 2.83 bits per heavy atom. The Morgan fingerprint density at radius 2 is 2.04 bits per heavy atom. The number of carboxylic acid groups (broad SMARTS) is 1. The molecule has 0 aliphatic carbocycles. The maximum absolute atomic E-state index is 11.0. The monoisotopic (exact) mass is 341 g/mol. The van der Waals surface area contributed by atoms with Crippen molar-refractivity contribution in [2.45, 2.75) is 6.61 Å². The van der Waals surface area contributed by atoms with Crippen LogP contribution in [-0.2, 0) is 6.61 Å². The third-order valence-electron chi connectivity index (χ3n) is 3.38. The first kappa shape index (κ1) is 16.0. The largest absolute Gasteiger partial charge is 0.496 e. The first-order valence-electron chi connectivity index (χ1n) is 7.21. The molecular weight excluding hydrogens is 326 g/mol. The minimum Gasteiger partial charge on any atom is -0.496 e. The second-order valence-corrected chi connectivity index (χ2v) is 5.89. The van der Waals surface area contributed by atoms with E-state index in [-0.39, 0.29) is 12.2 Å². The van der Waals surface area contributed by atoms with Gasteiger partial charge in [0.1, 0.15) is 23.1 Å². The van der Waals surface area contributed by atoms with Crippen LogP contribution in [-0.4, -0.2) is 23.2 Å². The third-order valence-corrected chi connectivity index (χ3v) is 4.20. The summed E-state index contributed by atoms with van der Waals surface area (Å²) >= 11 is 1.49. The van der Waals surface area contributed by atoms with E-state index in [1.54, 1.807) is 19.2 Å². The molecule has 0 unspecified atom stereocenters. The van der Waals surface area contributed by atoms with E-state index >= 15 is 0 Å². The number of rotatable bonds is 6. The molecule has 0 saturated heterocycles. The second kappa shape index (κ2) is 7.14. The summed E-state index contributed by atoms with van der Waals surface area (Å²) in [5.41, 5.74) is 1.95. The molecule has 1 N–H and O–H groups in total. The Balaban J connectivity index is 1.73. The Bertz CT molecular complexity index is 859. The lowest BCUT2D eigenvalue weighted by atomic mass is 10.1. The molecule has 0 spiro atoms. The number of benzene rings is 2. The summed E-state index contributed by atoms with van der Waals surface area (Å²) in [7, 11) is 1.63. The van der Waals surface area contributed by atoms with Crippen LogP contribution in [0.4, 0.5) is 0 Å². The third kappa shape index (κ3) is 3.55. The molecule has 0 radical (unpaired) electrons. The minimum absolute atomic E-state index is 0.196. The van der Waals surface area contributed by atoms with Gasteiger partial charge in [-0.15, -0.1) is 11.3 Å². The van der Waals surface area contributed by atoms with Crippen LogP contribution in [0.2, 0.25) is 0 Å². The maximum atomic E-state index is 11.0. The SMILES string of the molecule is COc1ccccc1-c1csc(COc2cccc(C(=O)O)c2)n1. The smallest absolute Gasteiger partial charge is 0.335 e. The lowest BCUT2D eigenvalue weighted by Crippen LogP contribution is -1.99. The molecule has 3 rings (SSSR count). The van der Waals surface area contributed by atoms with Crippen molar-refractivity contribution >= 4 is 17.3 Å². The van der Waals surface area contributed by atoms with Crippen molar-refractivity contribution in [3.63, 3.8) is 0 Å². The molecule has 2 aromatic carbocycles. The number of hydrogen-bond donors (Lipinski definition) is 1. The van der Waals surface area contributed by atoms with Gasteiger partial charge in [-0.2, -0.15) is 0 Å². The summed E-state index contributed by atoms with van der Waals surface area (Å²) in [5, 5.41) is 11.7. The van der Waals surface area contributed by atoms with Gasteiger partial charge in [-0.25, -0.2) is 9.78 Å². The molecule has 0 atom stereocenters. The van der Waals surface area contributed by atoms with E-state index in [0.29, 0.717) is 5.75 Å². The second-order valence-electron chi connectivity index (χ2n) is 4.95. The van der Waals surface area contributed by atoms with Gasteiger partial charge in [-0.1, -0.05) is 18.2 Å². The lowest BCUT2D eigenvalue weighted by molar-refractivity contribution is 0.0696. The summed E-state index contributed by atoms with van der Waals surface area (Å²) in [4.78, 5) is 15.5. The predicted octanol–water partition coefficient (Wildman–Crippen LogP) is 4.10. The van der Waals surface area contributed by atoms with E-state index in [2.05, 4.69) is 4.98 Å². The van der Waals surface area contributed by atoms with E-state index in [1.165, 1.54) is 23.5 Å². The highest BCUT2D eigenvalue weighted by molar-refractivity contribution is 7.09. The maximum Gasteiger partial charge on any atom is 0.335 e. The topological polar surface area (TPSA) is 68.7 Å².